The van der Waals surface area contributed by atoms with Crippen molar-refractivity contribution in [3.63, 3.8) is 0 Å². The summed E-state index contributed by atoms with van der Waals surface area (Å²) in [6.45, 7) is 5.64. The second-order valence-electron chi connectivity index (χ2n) is 6.48. The number of nitrogens with zero attached hydrogens (tertiary/aromatic N) is 1. The monoisotopic (exact) mass is 223 g/mol. The van der Waals surface area contributed by atoms with Gasteiger partial charge in [-0.25, -0.2) is 0 Å². The standard InChI is InChI=1S/C14H25NO/c1-10(16)13-4-5-15(8-13)9-14-7-11-2-3-12(14)6-11/h10-14,16H,2-9H2,1H3. The van der Waals surface area contributed by atoms with Crippen molar-refractivity contribution in [3.8, 4) is 0 Å². The van der Waals surface area contributed by atoms with Gasteiger partial charge in [-0.2, -0.15) is 0 Å². The Kier molecular flexibility index (Phi) is 2.97. The molecule has 5 unspecified atom stereocenters. The van der Waals surface area contributed by atoms with Gasteiger partial charge in [-0.05, 0) is 62.8 Å². The number of aliphatic hydroxyl groups is 1. The third-order valence-electron chi connectivity index (χ3n) is 5.37. The highest BCUT2D eigenvalue weighted by Gasteiger charge is 2.40. The Morgan fingerprint density at radius 3 is 2.69 bits per heavy atom. The number of fused-ring (bicyclic) bond motifs is 2. The van der Waals surface area contributed by atoms with E-state index >= 15 is 0 Å². The lowest BCUT2D eigenvalue weighted by Gasteiger charge is -2.27. The lowest BCUT2D eigenvalue weighted by molar-refractivity contribution is 0.123. The molecule has 3 aliphatic rings. The molecule has 3 rings (SSSR count). The molecule has 2 saturated carbocycles. The van der Waals surface area contributed by atoms with E-state index in [1.54, 1.807) is 0 Å². The fourth-order valence-electron chi connectivity index (χ4n) is 4.35. The highest BCUT2D eigenvalue weighted by Crippen LogP contribution is 2.48. The van der Waals surface area contributed by atoms with E-state index in [1.165, 1.54) is 45.2 Å². The molecule has 2 bridgehead atoms. The smallest absolute Gasteiger partial charge is 0.0552 e. The van der Waals surface area contributed by atoms with Crippen molar-refractivity contribution in [2.75, 3.05) is 19.6 Å². The molecular formula is C14H25NO. The number of rotatable bonds is 3. The van der Waals surface area contributed by atoms with E-state index in [-0.39, 0.29) is 6.10 Å². The van der Waals surface area contributed by atoms with Crippen LogP contribution < -0.4 is 0 Å². The van der Waals surface area contributed by atoms with Gasteiger partial charge in [0.1, 0.15) is 0 Å². The van der Waals surface area contributed by atoms with Crippen LogP contribution in [0.4, 0.5) is 0 Å². The Balaban J connectivity index is 1.49. The van der Waals surface area contributed by atoms with E-state index < -0.39 is 0 Å². The van der Waals surface area contributed by atoms with Crippen LogP contribution in [0.5, 0.6) is 0 Å². The summed E-state index contributed by atoms with van der Waals surface area (Å²) >= 11 is 0. The fourth-order valence-corrected chi connectivity index (χ4v) is 4.35. The first kappa shape index (κ1) is 11.0. The van der Waals surface area contributed by atoms with Crippen molar-refractivity contribution in [1.29, 1.82) is 0 Å². The number of aliphatic hydroxyl groups excluding tert-OH is 1. The molecule has 0 aromatic rings. The number of hydrogen-bond donors (Lipinski definition) is 1. The second kappa shape index (κ2) is 4.30. The molecule has 16 heavy (non-hydrogen) atoms. The van der Waals surface area contributed by atoms with E-state index in [4.69, 9.17) is 0 Å². The van der Waals surface area contributed by atoms with E-state index in [9.17, 15) is 5.11 Å². The molecule has 0 radical (unpaired) electrons. The van der Waals surface area contributed by atoms with Crippen molar-refractivity contribution in [2.45, 2.75) is 45.1 Å². The summed E-state index contributed by atoms with van der Waals surface area (Å²) in [5.41, 5.74) is 0. The second-order valence-corrected chi connectivity index (χ2v) is 6.48. The molecule has 2 aliphatic carbocycles. The van der Waals surface area contributed by atoms with Crippen molar-refractivity contribution in [3.05, 3.63) is 0 Å². The van der Waals surface area contributed by atoms with Crippen LogP contribution in [0.25, 0.3) is 0 Å². The number of hydrogen-bond acceptors (Lipinski definition) is 2. The molecular weight excluding hydrogens is 198 g/mol. The molecule has 5 atom stereocenters. The van der Waals surface area contributed by atoms with Crippen LogP contribution in [0.2, 0.25) is 0 Å². The maximum Gasteiger partial charge on any atom is 0.0552 e. The SMILES string of the molecule is CC(O)C1CCN(CC2CC3CCC2C3)C1. The maximum atomic E-state index is 9.61. The molecule has 1 saturated heterocycles. The van der Waals surface area contributed by atoms with Gasteiger partial charge in [0.25, 0.3) is 0 Å². The van der Waals surface area contributed by atoms with Crippen LogP contribution in [-0.4, -0.2) is 35.7 Å². The normalized spacial score (nSPS) is 45.4. The summed E-state index contributed by atoms with van der Waals surface area (Å²) in [7, 11) is 0. The van der Waals surface area contributed by atoms with Crippen LogP contribution in [0.1, 0.15) is 39.0 Å². The van der Waals surface area contributed by atoms with Crippen LogP contribution in [0.15, 0.2) is 0 Å². The Morgan fingerprint density at radius 1 is 1.25 bits per heavy atom. The summed E-state index contributed by atoms with van der Waals surface area (Å²) in [6.07, 6.45) is 7.14. The molecule has 1 heterocycles. The van der Waals surface area contributed by atoms with Gasteiger partial charge in [-0.3, -0.25) is 0 Å². The molecule has 2 heteroatoms. The molecule has 0 aromatic carbocycles. The molecule has 0 spiro atoms. The first-order valence-electron chi connectivity index (χ1n) is 7.13. The third-order valence-corrected chi connectivity index (χ3v) is 5.37. The lowest BCUT2D eigenvalue weighted by Crippen LogP contribution is -2.31. The molecule has 1 aliphatic heterocycles. The van der Waals surface area contributed by atoms with Crippen LogP contribution >= 0.6 is 0 Å². The summed E-state index contributed by atoms with van der Waals surface area (Å²) in [4.78, 5) is 2.61. The number of likely N-dealkylation sites (tertiary alicyclic amines) is 1. The van der Waals surface area contributed by atoms with Gasteiger partial charge in [0.15, 0.2) is 0 Å². The van der Waals surface area contributed by atoms with Gasteiger partial charge in [-0.15, -0.1) is 0 Å². The van der Waals surface area contributed by atoms with Gasteiger partial charge in [0, 0.05) is 13.1 Å². The summed E-state index contributed by atoms with van der Waals surface area (Å²) in [6, 6.07) is 0. The maximum absolute atomic E-state index is 9.61. The first-order chi connectivity index (χ1) is 7.72. The van der Waals surface area contributed by atoms with Crippen molar-refractivity contribution < 1.29 is 5.11 Å². The quantitative estimate of drug-likeness (QED) is 0.792. The largest absolute Gasteiger partial charge is 0.393 e. The lowest BCUT2D eigenvalue weighted by atomic mass is 9.88. The topological polar surface area (TPSA) is 23.5 Å². The first-order valence-corrected chi connectivity index (χ1v) is 7.13. The van der Waals surface area contributed by atoms with Crippen LogP contribution in [-0.2, 0) is 0 Å². The average Bonchev–Trinajstić information content (AvgIpc) is 2.91. The Labute approximate surface area is 99.0 Å². The Hall–Kier alpha value is -0.0800. The molecule has 0 amide bonds. The van der Waals surface area contributed by atoms with Crippen molar-refractivity contribution in [2.24, 2.45) is 23.7 Å². The minimum absolute atomic E-state index is 0.106. The van der Waals surface area contributed by atoms with Crippen molar-refractivity contribution >= 4 is 0 Å². The molecule has 92 valence electrons. The zero-order valence-corrected chi connectivity index (χ0v) is 10.4. The van der Waals surface area contributed by atoms with E-state index in [2.05, 4.69) is 4.90 Å². The predicted octanol–water partition coefficient (Wildman–Crippen LogP) is 2.13. The summed E-state index contributed by atoms with van der Waals surface area (Å²) < 4.78 is 0. The minimum atomic E-state index is -0.106. The highest BCUT2D eigenvalue weighted by molar-refractivity contribution is 4.92. The Bertz CT molecular complexity index is 253. The van der Waals surface area contributed by atoms with Crippen molar-refractivity contribution in [1.82, 2.24) is 4.90 Å². The van der Waals surface area contributed by atoms with Crippen LogP contribution in [0, 0.1) is 23.7 Å². The fraction of sp³-hybridized carbons (Fsp3) is 1.00. The highest BCUT2D eigenvalue weighted by atomic mass is 16.3. The van der Waals surface area contributed by atoms with Gasteiger partial charge in [0.05, 0.1) is 6.10 Å². The zero-order valence-electron chi connectivity index (χ0n) is 10.4. The van der Waals surface area contributed by atoms with E-state index in [0.717, 1.165) is 24.3 Å². The van der Waals surface area contributed by atoms with E-state index in [1.807, 2.05) is 6.92 Å². The molecule has 2 nitrogen and oxygen atoms in total. The van der Waals surface area contributed by atoms with Gasteiger partial charge in [-0.1, -0.05) is 6.42 Å². The molecule has 0 aromatic heterocycles. The Morgan fingerprint density at radius 2 is 2.12 bits per heavy atom. The van der Waals surface area contributed by atoms with Gasteiger partial charge in [0.2, 0.25) is 0 Å². The van der Waals surface area contributed by atoms with E-state index in [0.29, 0.717) is 5.92 Å². The zero-order chi connectivity index (χ0) is 11.1. The summed E-state index contributed by atoms with van der Waals surface area (Å²) in [5.74, 6) is 3.66. The molecule has 3 fully saturated rings. The van der Waals surface area contributed by atoms with Gasteiger partial charge >= 0.3 is 0 Å². The third kappa shape index (κ3) is 2.02. The van der Waals surface area contributed by atoms with Gasteiger partial charge < -0.3 is 10.0 Å². The minimum Gasteiger partial charge on any atom is -0.393 e. The summed E-state index contributed by atoms with van der Waals surface area (Å²) in [5, 5.41) is 9.61. The molecule has 1 N–H and O–H groups in total. The van der Waals surface area contributed by atoms with Crippen LogP contribution in [0.3, 0.4) is 0 Å². The predicted molar refractivity (Wildman–Crippen MR) is 65.2 cm³/mol. The average molecular weight is 223 g/mol.